The molecule has 3 nitrogen and oxygen atoms in total. The Morgan fingerprint density at radius 3 is 2.22 bits per heavy atom. The van der Waals surface area contributed by atoms with E-state index in [1.165, 1.54) is 6.26 Å². The standard InChI is InChI=1S/C14H14O3S/c1-18(15,16)11-12-7-5-6-10-14(12)17-13-8-3-2-4-9-13/h2-10H,11H2,1H3. The molecule has 0 unspecified atom stereocenters. The third kappa shape index (κ3) is 3.60. The fourth-order valence-corrected chi connectivity index (χ4v) is 2.42. The second kappa shape index (κ2) is 5.23. The van der Waals surface area contributed by atoms with Crippen LogP contribution in [0.5, 0.6) is 11.5 Å². The molecule has 0 spiro atoms. The number of para-hydroxylation sites is 2. The van der Waals surface area contributed by atoms with Crippen LogP contribution in [0.2, 0.25) is 0 Å². The summed E-state index contributed by atoms with van der Waals surface area (Å²) in [5.41, 5.74) is 0.670. The first kappa shape index (κ1) is 12.6. The Bertz CT molecular complexity index is 618. The predicted molar refractivity (Wildman–Crippen MR) is 71.5 cm³/mol. The van der Waals surface area contributed by atoms with Crippen LogP contribution in [0.15, 0.2) is 54.6 Å². The number of hydrogen-bond acceptors (Lipinski definition) is 3. The molecule has 2 aromatic carbocycles. The summed E-state index contributed by atoms with van der Waals surface area (Å²) in [6, 6.07) is 16.5. The van der Waals surface area contributed by atoms with Gasteiger partial charge in [-0.2, -0.15) is 0 Å². The highest BCUT2D eigenvalue weighted by Crippen LogP contribution is 2.26. The summed E-state index contributed by atoms with van der Waals surface area (Å²) >= 11 is 0. The zero-order chi connectivity index (χ0) is 13.0. The SMILES string of the molecule is CS(=O)(=O)Cc1ccccc1Oc1ccccc1. The van der Waals surface area contributed by atoms with Crippen molar-refractivity contribution < 1.29 is 13.2 Å². The van der Waals surface area contributed by atoms with E-state index < -0.39 is 9.84 Å². The monoisotopic (exact) mass is 262 g/mol. The molecule has 0 fully saturated rings. The van der Waals surface area contributed by atoms with Crippen molar-refractivity contribution in [2.24, 2.45) is 0 Å². The van der Waals surface area contributed by atoms with Gasteiger partial charge >= 0.3 is 0 Å². The highest BCUT2D eigenvalue weighted by molar-refractivity contribution is 7.89. The summed E-state index contributed by atoms with van der Waals surface area (Å²) in [6.07, 6.45) is 1.21. The van der Waals surface area contributed by atoms with Crippen molar-refractivity contribution >= 4 is 9.84 Å². The van der Waals surface area contributed by atoms with Crippen molar-refractivity contribution in [3.8, 4) is 11.5 Å². The first-order chi connectivity index (χ1) is 8.54. The van der Waals surface area contributed by atoms with Gasteiger partial charge in [0.15, 0.2) is 9.84 Å². The van der Waals surface area contributed by atoms with Crippen LogP contribution in [-0.2, 0) is 15.6 Å². The molecule has 0 bridgehead atoms. The normalized spacial score (nSPS) is 11.2. The van der Waals surface area contributed by atoms with Gasteiger partial charge in [-0.1, -0.05) is 36.4 Å². The van der Waals surface area contributed by atoms with Crippen molar-refractivity contribution in [3.05, 3.63) is 60.2 Å². The molecule has 2 rings (SSSR count). The molecule has 0 aliphatic heterocycles. The van der Waals surface area contributed by atoms with Crippen LogP contribution in [0.1, 0.15) is 5.56 Å². The first-order valence-electron chi connectivity index (χ1n) is 5.53. The Hall–Kier alpha value is -1.81. The zero-order valence-electron chi connectivity index (χ0n) is 10.0. The van der Waals surface area contributed by atoms with Gasteiger partial charge in [0.05, 0.1) is 5.75 Å². The molecule has 0 heterocycles. The fraction of sp³-hybridized carbons (Fsp3) is 0.143. The van der Waals surface area contributed by atoms with Crippen molar-refractivity contribution in [2.45, 2.75) is 5.75 Å². The van der Waals surface area contributed by atoms with Gasteiger partial charge in [0.1, 0.15) is 11.5 Å². The number of sulfone groups is 1. The molecule has 4 heteroatoms. The Morgan fingerprint density at radius 2 is 1.56 bits per heavy atom. The molecular formula is C14H14O3S. The molecule has 2 aromatic rings. The molecule has 0 radical (unpaired) electrons. The van der Waals surface area contributed by atoms with Crippen LogP contribution < -0.4 is 4.74 Å². The van der Waals surface area contributed by atoms with E-state index in [1.54, 1.807) is 18.2 Å². The maximum atomic E-state index is 11.3. The van der Waals surface area contributed by atoms with E-state index in [0.717, 1.165) is 0 Å². The van der Waals surface area contributed by atoms with Crippen LogP contribution in [0.3, 0.4) is 0 Å². The third-order valence-electron chi connectivity index (χ3n) is 2.36. The van der Waals surface area contributed by atoms with E-state index in [-0.39, 0.29) is 5.75 Å². The van der Waals surface area contributed by atoms with Crippen molar-refractivity contribution in [2.75, 3.05) is 6.26 Å². The van der Waals surface area contributed by atoms with E-state index >= 15 is 0 Å². The highest BCUT2D eigenvalue weighted by atomic mass is 32.2. The molecule has 18 heavy (non-hydrogen) atoms. The number of hydrogen-bond donors (Lipinski definition) is 0. The molecule has 0 aliphatic rings. The van der Waals surface area contributed by atoms with Crippen molar-refractivity contribution in [3.63, 3.8) is 0 Å². The lowest BCUT2D eigenvalue weighted by Gasteiger charge is -2.10. The number of rotatable bonds is 4. The fourth-order valence-electron chi connectivity index (χ4n) is 1.62. The Morgan fingerprint density at radius 1 is 0.944 bits per heavy atom. The lowest BCUT2D eigenvalue weighted by molar-refractivity contribution is 0.477. The van der Waals surface area contributed by atoms with Gasteiger partial charge in [-0.3, -0.25) is 0 Å². The lowest BCUT2D eigenvalue weighted by atomic mass is 10.2. The molecule has 94 valence electrons. The largest absolute Gasteiger partial charge is 0.457 e. The van der Waals surface area contributed by atoms with Crippen LogP contribution in [0.4, 0.5) is 0 Å². The molecule has 0 saturated heterocycles. The Balaban J connectivity index is 2.28. The van der Waals surface area contributed by atoms with Crippen LogP contribution in [0, 0.1) is 0 Å². The van der Waals surface area contributed by atoms with E-state index in [2.05, 4.69) is 0 Å². The number of ether oxygens (including phenoxy) is 1. The van der Waals surface area contributed by atoms with Crippen molar-refractivity contribution in [1.82, 2.24) is 0 Å². The molecule has 0 N–H and O–H groups in total. The van der Waals surface area contributed by atoms with Gasteiger partial charge in [-0.05, 0) is 18.2 Å². The van der Waals surface area contributed by atoms with E-state index in [1.807, 2.05) is 36.4 Å². The van der Waals surface area contributed by atoms with E-state index in [4.69, 9.17) is 4.74 Å². The second-order valence-corrected chi connectivity index (χ2v) is 6.23. The molecular weight excluding hydrogens is 248 g/mol. The zero-order valence-corrected chi connectivity index (χ0v) is 10.9. The second-order valence-electron chi connectivity index (χ2n) is 4.09. The van der Waals surface area contributed by atoms with Gasteiger partial charge in [0.25, 0.3) is 0 Å². The van der Waals surface area contributed by atoms with E-state index in [9.17, 15) is 8.42 Å². The van der Waals surface area contributed by atoms with Gasteiger partial charge in [0.2, 0.25) is 0 Å². The molecule has 0 aliphatic carbocycles. The minimum atomic E-state index is -3.07. The summed E-state index contributed by atoms with van der Waals surface area (Å²) in [4.78, 5) is 0. The van der Waals surface area contributed by atoms with Gasteiger partial charge in [0, 0.05) is 11.8 Å². The summed E-state index contributed by atoms with van der Waals surface area (Å²) in [5, 5.41) is 0. The van der Waals surface area contributed by atoms with Crippen LogP contribution in [-0.4, -0.2) is 14.7 Å². The summed E-state index contributed by atoms with van der Waals surface area (Å²) in [6.45, 7) is 0. The van der Waals surface area contributed by atoms with Crippen molar-refractivity contribution in [1.29, 1.82) is 0 Å². The molecule has 0 amide bonds. The van der Waals surface area contributed by atoms with E-state index in [0.29, 0.717) is 17.1 Å². The van der Waals surface area contributed by atoms with Gasteiger partial charge < -0.3 is 4.74 Å². The molecule has 0 atom stereocenters. The maximum Gasteiger partial charge on any atom is 0.151 e. The minimum absolute atomic E-state index is 0.0179. The third-order valence-corrected chi connectivity index (χ3v) is 3.20. The summed E-state index contributed by atoms with van der Waals surface area (Å²) in [7, 11) is -3.07. The smallest absolute Gasteiger partial charge is 0.151 e. The maximum absolute atomic E-state index is 11.3. The molecule has 0 saturated carbocycles. The number of benzene rings is 2. The van der Waals surface area contributed by atoms with Gasteiger partial charge in [-0.25, -0.2) is 8.42 Å². The summed E-state index contributed by atoms with van der Waals surface area (Å²) < 4.78 is 28.4. The summed E-state index contributed by atoms with van der Waals surface area (Å²) in [5.74, 6) is 1.25. The average molecular weight is 262 g/mol. The lowest BCUT2D eigenvalue weighted by Crippen LogP contribution is -2.02. The predicted octanol–water partition coefficient (Wildman–Crippen LogP) is 3.02. The topological polar surface area (TPSA) is 43.4 Å². The average Bonchev–Trinajstić information content (AvgIpc) is 2.31. The van der Waals surface area contributed by atoms with Gasteiger partial charge in [-0.15, -0.1) is 0 Å². The minimum Gasteiger partial charge on any atom is -0.457 e. The Kier molecular flexibility index (Phi) is 3.67. The van der Waals surface area contributed by atoms with Crippen LogP contribution in [0.25, 0.3) is 0 Å². The highest BCUT2D eigenvalue weighted by Gasteiger charge is 2.10. The first-order valence-corrected chi connectivity index (χ1v) is 7.59. The van der Waals surface area contributed by atoms with Crippen LogP contribution >= 0.6 is 0 Å². The molecule has 0 aromatic heterocycles. The Labute approximate surface area is 107 Å². The quantitative estimate of drug-likeness (QED) is 0.850.